The van der Waals surface area contributed by atoms with Gasteiger partial charge in [-0.25, -0.2) is 15.0 Å². The molecule has 0 bridgehead atoms. The Kier molecular flexibility index (Phi) is 6.81. The Bertz CT molecular complexity index is 1900. The van der Waals surface area contributed by atoms with Crippen molar-refractivity contribution in [3.05, 3.63) is 152 Å². The van der Waals surface area contributed by atoms with Gasteiger partial charge in [0, 0.05) is 29.7 Å². The van der Waals surface area contributed by atoms with Crippen LogP contribution in [-0.4, -0.2) is 24.9 Å². The first-order valence-corrected chi connectivity index (χ1v) is 13.8. The Morgan fingerprint density at radius 1 is 0.357 bits per heavy atom. The Hall–Kier alpha value is -5.81. The van der Waals surface area contributed by atoms with Gasteiger partial charge in [-0.2, -0.15) is 0 Å². The fourth-order valence-electron chi connectivity index (χ4n) is 5.03. The lowest BCUT2D eigenvalue weighted by molar-refractivity contribution is 1.06. The molecule has 0 saturated carbocycles. The maximum Gasteiger partial charge on any atom is 0.182 e. The van der Waals surface area contributed by atoms with Crippen LogP contribution >= 0.6 is 0 Å². The maximum atomic E-state index is 4.90. The van der Waals surface area contributed by atoms with Gasteiger partial charge in [0.1, 0.15) is 5.69 Å². The molecule has 4 aromatic carbocycles. The van der Waals surface area contributed by atoms with Gasteiger partial charge in [-0.15, -0.1) is 0 Å². The summed E-state index contributed by atoms with van der Waals surface area (Å²) in [7, 11) is 0. The fourth-order valence-corrected chi connectivity index (χ4v) is 5.03. The van der Waals surface area contributed by atoms with Crippen molar-refractivity contribution in [1.82, 2.24) is 24.9 Å². The predicted molar refractivity (Wildman–Crippen MR) is 168 cm³/mol. The van der Waals surface area contributed by atoms with Gasteiger partial charge in [-0.3, -0.25) is 9.97 Å². The molecule has 0 aliphatic carbocycles. The molecule has 0 aliphatic rings. The molecule has 0 saturated heterocycles. The van der Waals surface area contributed by atoms with Gasteiger partial charge in [-0.05, 0) is 69.8 Å². The second-order valence-corrected chi connectivity index (χ2v) is 9.84. The van der Waals surface area contributed by atoms with Gasteiger partial charge in [-0.1, -0.05) is 97.1 Å². The summed E-state index contributed by atoms with van der Waals surface area (Å²) in [5, 5.41) is 0. The Morgan fingerprint density at radius 3 is 1.76 bits per heavy atom. The quantitative estimate of drug-likeness (QED) is 0.212. The largest absolute Gasteiger partial charge is 0.264 e. The van der Waals surface area contributed by atoms with Gasteiger partial charge in [0.05, 0.1) is 0 Å². The number of rotatable bonds is 6. The molecule has 0 N–H and O–H groups in total. The van der Waals surface area contributed by atoms with Crippen LogP contribution in [0.1, 0.15) is 0 Å². The van der Waals surface area contributed by atoms with Crippen LogP contribution in [-0.2, 0) is 0 Å². The molecule has 0 amide bonds. The first-order chi connectivity index (χ1) is 20.8. The average Bonchev–Trinajstić information content (AvgIpc) is 3.09. The third-order valence-corrected chi connectivity index (χ3v) is 7.09. The van der Waals surface area contributed by atoms with Gasteiger partial charge in [0.15, 0.2) is 17.5 Å². The Labute approximate surface area is 244 Å². The molecule has 5 nitrogen and oxygen atoms in total. The van der Waals surface area contributed by atoms with Crippen LogP contribution < -0.4 is 0 Å². The molecule has 0 atom stereocenters. The van der Waals surface area contributed by atoms with Crippen LogP contribution in [0.2, 0.25) is 0 Å². The summed E-state index contributed by atoms with van der Waals surface area (Å²) in [4.78, 5) is 23.3. The predicted octanol–water partition coefficient (Wildman–Crippen LogP) is 8.66. The molecule has 0 aliphatic heterocycles. The lowest BCUT2D eigenvalue weighted by Crippen LogP contribution is -2.01. The number of benzene rings is 4. The molecule has 5 heteroatoms. The van der Waals surface area contributed by atoms with Crippen LogP contribution in [0, 0.1) is 0 Å². The number of aromatic nitrogens is 5. The van der Waals surface area contributed by atoms with E-state index in [4.69, 9.17) is 15.0 Å². The summed E-state index contributed by atoms with van der Waals surface area (Å²) in [6, 6.07) is 45.5. The molecule has 42 heavy (non-hydrogen) atoms. The van der Waals surface area contributed by atoms with Crippen molar-refractivity contribution in [1.29, 1.82) is 0 Å². The molecule has 198 valence electrons. The maximum absolute atomic E-state index is 4.90. The summed E-state index contributed by atoms with van der Waals surface area (Å²) < 4.78 is 0. The molecular weight excluding hydrogens is 514 g/mol. The molecule has 3 aromatic heterocycles. The van der Waals surface area contributed by atoms with Crippen molar-refractivity contribution >= 4 is 0 Å². The molecule has 0 spiro atoms. The zero-order chi connectivity index (χ0) is 28.1. The minimum Gasteiger partial charge on any atom is -0.264 e. The van der Waals surface area contributed by atoms with Crippen LogP contribution in [0.4, 0.5) is 0 Å². The number of nitrogens with zero attached hydrogens (tertiary/aromatic N) is 5. The first-order valence-electron chi connectivity index (χ1n) is 13.8. The highest BCUT2D eigenvalue weighted by Crippen LogP contribution is 2.37. The zero-order valence-electron chi connectivity index (χ0n) is 22.7. The van der Waals surface area contributed by atoms with Crippen molar-refractivity contribution in [2.75, 3.05) is 0 Å². The van der Waals surface area contributed by atoms with Gasteiger partial charge < -0.3 is 0 Å². The van der Waals surface area contributed by atoms with E-state index < -0.39 is 0 Å². The monoisotopic (exact) mass is 539 g/mol. The van der Waals surface area contributed by atoms with Crippen LogP contribution in [0.25, 0.3) is 67.7 Å². The van der Waals surface area contributed by atoms with E-state index in [0.717, 1.165) is 33.4 Å². The Morgan fingerprint density at radius 2 is 1.02 bits per heavy atom. The van der Waals surface area contributed by atoms with Crippen molar-refractivity contribution in [2.24, 2.45) is 0 Å². The lowest BCUT2D eigenvalue weighted by atomic mass is 9.91. The molecule has 7 rings (SSSR count). The number of hydrogen-bond donors (Lipinski definition) is 0. The van der Waals surface area contributed by atoms with E-state index in [1.54, 1.807) is 18.6 Å². The number of pyridine rings is 2. The highest BCUT2D eigenvalue weighted by molar-refractivity contribution is 5.88. The molecule has 0 unspecified atom stereocenters. The molecular formula is C37H25N5. The normalized spacial score (nSPS) is 10.9. The molecule has 0 radical (unpaired) electrons. The smallest absolute Gasteiger partial charge is 0.182 e. The van der Waals surface area contributed by atoms with Gasteiger partial charge >= 0.3 is 0 Å². The standard InChI is InChI=1S/C37H25N5/c1-3-11-26(12-4-1)28-15-9-16-29(23-28)32-20-19-30(24-33(32)27-13-5-2-6-14-27)35-40-36(31-17-10-21-38-25-31)42-37(41-35)34-18-7-8-22-39-34/h1-25H. The zero-order valence-corrected chi connectivity index (χ0v) is 22.7. The van der Waals surface area contributed by atoms with Gasteiger partial charge in [0.25, 0.3) is 0 Å². The van der Waals surface area contributed by atoms with Gasteiger partial charge in [0.2, 0.25) is 0 Å². The summed E-state index contributed by atoms with van der Waals surface area (Å²) >= 11 is 0. The SMILES string of the molecule is c1ccc(-c2cccc(-c3ccc(-c4nc(-c5cccnc5)nc(-c5ccccn5)n4)cc3-c3ccccc3)c2)cc1. The van der Waals surface area contributed by atoms with E-state index in [2.05, 4.69) is 101 Å². The minimum absolute atomic E-state index is 0.514. The van der Waals surface area contributed by atoms with Crippen molar-refractivity contribution in [3.63, 3.8) is 0 Å². The van der Waals surface area contributed by atoms with Crippen molar-refractivity contribution < 1.29 is 0 Å². The highest BCUT2D eigenvalue weighted by atomic mass is 15.0. The van der Waals surface area contributed by atoms with E-state index >= 15 is 0 Å². The van der Waals surface area contributed by atoms with E-state index in [-0.39, 0.29) is 0 Å². The second kappa shape index (κ2) is 11.4. The van der Waals surface area contributed by atoms with E-state index in [9.17, 15) is 0 Å². The topological polar surface area (TPSA) is 64.5 Å². The van der Waals surface area contributed by atoms with E-state index in [1.807, 2.05) is 42.5 Å². The highest BCUT2D eigenvalue weighted by Gasteiger charge is 2.16. The molecule has 0 fully saturated rings. The fraction of sp³-hybridized carbons (Fsp3) is 0. The van der Waals surface area contributed by atoms with E-state index in [0.29, 0.717) is 23.2 Å². The van der Waals surface area contributed by atoms with Crippen molar-refractivity contribution in [3.8, 4) is 67.7 Å². The van der Waals surface area contributed by atoms with Crippen LogP contribution in [0.3, 0.4) is 0 Å². The summed E-state index contributed by atoms with van der Waals surface area (Å²) in [5.74, 6) is 1.64. The lowest BCUT2D eigenvalue weighted by Gasteiger charge is -2.14. The molecule has 7 aromatic rings. The second-order valence-electron chi connectivity index (χ2n) is 9.84. The first kappa shape index (κ1) is 25.2. The molecule has 3 heterocycles. The van der Waals surface area contributed by atoms with Crippen LogP contribution in [0.5, 0.6) is 0 Å². The third kappa shape index (κ3) is 5.19. The average molecular weight is 540 g/mol. The summed E-state index contributed by atoms with van der Waals surface area (Å²) in [6.45, 7) is 0. The summed E-state index contributed by atoms with van der Waals surface area (Å²) in [5.41, 5.74) is 9.24. The van der Waals surface area contributed by atoms with Crippen molar-refractivity contribution in [2.45, 2.75) is 0 Å². The number of hydrogen-bond acceptors (Lipinski definition) is 5. The minimum atomic E-state index is 0.514. The van der Waals surface area contributed by atoms with Crippen LogP contribution in [0.15, 0.2) is 152 Å². The third-order valence-electron chi connectivity index (χ3n) is 7.09. The summed E-state index contributed by atoms with van der Waals surface area (Å²) in [6.07, 6.45) is 5.25. The van der Waals surface area contributed by atoms with E-state index in [1.165, 1.54) is 11.1 Å². The Balaban J connectivity index is 1.40.